The fourth-order valence-electron chi connectivity index (χ4n) is 3.26. The van der Waals surface area contributed by atoms with Crippen molar-refractivity contribution in [2.45, 2.75) is 25.8 Å². The molecule has 5 amide bonds. The molecule has 0 bridgehead atoms. The van der Waals surface area contributed by atoms with Crippen LogP contribution in [0, 0.1) is 11.6 Å². The number of rotatable bonds is 5. The van der Waals surface area contributed by atoms with Crippen LogP contribution in [0.3, 0.4) is 0 Å². The Hall–Kier alpha value is -3.25. The summed E-state index contributed by atoms with van der Waals surface area (Å²) in [4.78, 5) is 37.2. The summed E-state index contributed by atoms with van der Waals surface area (Å²) < 4.78 is 33.5. The number of urea groups is 2. The number of piperidine rings is 1. The quantitative estimate of drug-likeness (QED) is 0.535. The maximum absolute atomic E-state index is 14.4. The normalized spacial score (nSPS) is 15.7. The number of anilines is 2. The average molecular weight is 467 g/mol. The van der Waals surface area contributed by atoms with Crippen LogP contribution in [0.5, 0.6) is 0 Å². The molecule has 0 aliphatic carbocycles. The molecule has 32 heavy (non-hydrogen) atoms. The molecule has 1 aliphatic heterocycles. The summed E-state index contributed by atoms with van der Waals surface area (Å²) in [5, 5.41) is 9.41. The van der Waals surface area contributed by atoms with Crippen LogP contribution < -0.4 is 26.6 Å². The molecule has 0 unspecified atom stereocenters. The van der Waals surface area contributed by atoms with Gasteiger partial charge in [-0.15, -0.1) is 11.3 Å². The number of benzene rings is 1. The standard InChI is InChI=1S/C20H23F2N5O4S/c1-2-31-20(30)26-17-14(21)6-11(7-15(17)22)16-8-13(10-32-16)27(18(23)28)19(29)25-12-4-3-5-24-9-12/h6-8,10,12,24H,2-5,9H2,1H3,(H2,23,28)(H,25,29)(H,26,30)/t12-/m0/s1. The predicted molar refractivity (Wildman–Crippen MR) is 117 cm³/mol. The Balaban J connectivity index is 1.80. The number of halogens is 2. The fraction of sp³-hybridized carbons (Fsp3) is 0.350. The van der Waals surface area contributed by atoms with Crippen LogP contribution >= 0.6 is 11.3 Å². The van der Waals surface area contributed by atoms with Gasteiger partial charge in [-0.1, -0.05) is 0 Å². The highest BCUT2D eigenvalue weighted by molar-refractivity contribution is 7.14. The van der Waals surface area contributed by atoms with Crippen molar-refractivity contribution >= 4 is 40.9 Å². The minimum atomic E-state index is -1.00. The average Bonchev–Trinajstić information content (AvgIpc) is 3.21. The number of nitrogens with zero attached hydrogens (tertiary/aromatic N) is 1. The Kier molecular flexibility index (Phi) is 7.59. The Morgan fingerprint density at radius 1 is 1.28 bits per heavy atom. The van der Waals surface area contributed by atoms with E-state index in [-0.39, 0.29) is 23.9 Å². The lowest BCUT2D eigenvalue weighted by Crippen LogP contribution is -2.53. The van der Waals surface area contributed by atoms with Crippen molar-refractivity contribution in [1.29, 1.82) is 0 Å². The number of amides is 5. The van der Waals surface area contributed by atoms with E-state index in [0.717, 1.165) is 47.8 Å². The lowest BCUT2D eigenvalue weighted by Gasteiger charge is -2.26. The predicted octanol–water partition coefficient (Wildman–Crippen LogP) is 3.61. The van der Waals surface area contributed by atoms with E-state index < -0.39 is 35.5 Å². The van der Waals surface area contributed by atoms with Gasteiger partial charge < -0.3 is 21.1 Å². The summed E-state index contributed by atoms with van der Waals surface area (Å²) in [6.45, 7) is 3.05. The summed E-state index contributed by atoms with van der Waals surface area (Å²) in [6, 6.07) is 1.69. The first-order valence-electron chi connectivity index (χ1n) is 9.92. The highest BCUT2D eigenvalue weighted by Gasteiger charge is 2.26. The molecule has 1 aromatic carbocycles. The molecule has 5 N–H and O–H groups in total. The number of nitrogens with two attached hydrogens (primary N) is 1. The number of carbonyl (C=O) groups is 3. The molecule has 3 rings (SSSR count). The number of hydrogen-bond donors (Lipinski definition) is 4. The van der Waals surface area contributed by atoms with Crippen LogP contribution in [-0.4, -0.2) is 43.9 Å². The molecule has 1 aliphatic rings. The highest BCUT2D eigenvalue weighted by Crippen LogP contribution is 2.34. The number of nitrogens with one attached hydrogen (secondary N) is 3. The summed E-state index contributed by atoms with van der Waals surface area (Å²) in [5.74, 6) is -2.00. The third-order valence-electron chi connectivity index (χ3n) is 4.72. The zero-order valence-electron chi connectivity index (χ0n) is 17.2. The van der Waals surface area contributed by atoms with Crippen molar-refractivity contribution in [2.75, 3.05) is 29.9 Å². The number of hydrogen-bond acceptors (Lipinski definition) is 6. The molecule has 1 fully saturated rings. The summed E-state index contributed by atoms with van der Waals surface area (Å²) in [6.07, 6.45) is 0.681. The molecule has 0 spiro atoms. The SMILES string of the molecule is CCOC(=O)Nc1c(F)cc(-c2cc(N(C(N)=O)C(=O)N[C@H]3CCCNC3)cs2)cc1F. The van der Waals surface area contributed by atoms with Crippen LogP contribution in [0.4, 0.5) is 34.5 Å². The van der Waals surface area contributed by atoms with Crippen LogP contribution in [0.2, 0.25) is 0 Å². The largest absolute Gasteiger partial charge is 0.450 e. The number of primary amides is 1. The zero-order valence-corrected chi connectivity index (χ0v) is 18.1. The topological polar surface area (TPSA) is 126 Å². The highest BCUT2D eigenvalue weighted by atomic mass is 32.1. The molecule has 0 radical (unpaired) electrons. The fourth-order valence-corrected chi connectivity index (χ4v) is 4.12. The van der Waals surface area contributed by atoms with Crippen LogP contribution in [-0.2, 0) is 4.74 Å². The van der Waals surface area contributed by atoms with Crippen molar-refractivity contribution in [2.24, 2.45) is 5.73 Å². The molecule has 0 saturated carbocycles. The van der Waals surface area contributed by atoms with Gasteiger partial charge in [-0.2, -0.15) is 0 Å². The molecule has 12 heteroatoms. The van der Waals surface area contributed by atoms with Crippen molar-refractivity contribution in [3.05, 3.63) is 35.2 Å². The molecule has 1 saturated heterocycles. The minimum absolute atomic E-state index is 0.0479. The molecule has 1 aromatic heterocycles. The number of carbonyl (C=O) groups excluding carboxylic acids is 3. The van der Waals surface area contributed by atoms with Gasteiger partial charge >= 0.3 is 18.2 Å². The third-order valence-corrected chi connectivity index (χ3v) is 5.69. The first-order valence-corrected chi connectivity index (χ1v) is 10.8. The van der Waals surface area contributed by atoms with Crippen molar-refractivity contribution in [3.63, 3.8) is 0 Å². The van der Waals surface area contributed by atoms with E-state index >= 15 is 0 Å². The lowest BCUT2D eigenvalue weighted by atomic mass is 10.1. The van der Waals surface area contributed by atoms with Gasteiger partial charge in [-0.3, -0.25) is 5.32 Å². The molecular formula is C20H23F2N5O4S. The molecule has 2 heterocycles. The van der Waals surface area contributed by atoms with Gasteiger partial charge in [0, 0.05) is 22.8 Å². The Morgan fingerprint density at radius 2 is 2.00 bits per heavy atom. The Labute approximate surface area is 186 Å². The first kappa shape index (κ1) is 23.4. The third kappa shape index (κ3) is 5.51. The van der Waals surface area contributed by atoms with Gasteiger partial charge in [0.05, 0.1) is 12.3 Å². The summed E-state index contributed by atoms with van der Waals surface area (Å²) in [5.41, 5.74) is 5.10. The number of thiophene rings is 1. The number of imide groups is 1. The number of ether oxygens (including phenoxy) is 1. The van der Waals surface area contributed by atoms with Crippen LogP contribution in [0.25, 0.3) is 10.4 Å². The maximum atomic E-state index is 14.4. The molecule has 9 nitrogen and oxygen atoms in total. The first-order chi connectivity index (χ1) is 15.3. The van der Waals surface area contributed by atoms with Gasteiger partial charge in [-0.25, -0.2) is 28.1 Å². The molecule has 2 aromatic rings. The second-order valence-corrected chi connectivity index (χ2v) is 7.91. The Bertz CT molecular complexity index is 987. The van der Waals surface area contributed by atoms with Gasteiger partial charge in [-0.05, 0) is 50.1 Å². The van der Waals surface area contributed by atoms with Gasteiger partial charge in [0.15, 0.2) is 0 Å². The van der Waals surface area contributed by atoms with E-state index in [1.807, 2.05) is 5.32 Å². The van der Waals surface area contributed by atoms with Crippen molar-refractivity contribution in [1.82, 2.24) is 10.6 Å². The zero-order chi connectivity index (χ0) is 23.3. The van der Waals surface area contributed by atoms with E-state index in [1.54, 1.807) is 6.92 Å². The molecular weight excluding hydrogens is 444 g/mol. The lowest BCUT2D eigenvalue weighted by molar-refractivity contribution is 0.167. The van der Waals surface area contributed by atoms with Crippen molar-refractivity contribution in [3.8, 4) is 10.4 Å². The van der Waals surface area contributed by atoms with E-state index in [4.69, 9.17) is 5.73 Å². The summed E-state index contributed by atoms with van der Waals surface area (Å²) in [7, 11) is 0. The smallest absolute Gasteiger partial charge is 0.411 e. The van der Waals surface area contributed by atoms with Crippen LogP contribution in [0.15, 0.2) is 23.6 Å². The van der Waals surface area contributed by atoms with Crippen molar-refractivity contribution < 1.29 is 27.9 Å². The Morgan fingerprint density at radius 3 is 2.59 bits per heavy atom. The molecule has 1 atom stereocenters. The maximum Gasteiger partial charge on any atom is 0.411 e. The monoisotopic (exact) mass is 467 g/mol. The second kappa shape index (κ2) is 10.4. The van der Waals surface area contributed by atoms with Gasteiger partial charge in [0.1, 0.15) is 17.3 Å². The van der Waals surface area contributed by atoms with E-state index in [2.05, 4.69) is 15.4 Å². The van der Waals surface area contributed by atoms with E-state index in [9.17, 15) is 23.2 Å². The second-order valence-electron chi connectivity index (χ2n) is 7.00. The van der Waals surface area contributed by atoms with Gasteiger partial charge in [0.25, 0.3) is 0 Å². The minimum Gasteiger partial charge on any atom is -0.450 e. The van der Waals surface area contributed by atoms with E-state index in [0.29, 0.717) is 11.4 Å². The van der Waals surface area contributed by atoms with Gasteiger partial charge in [0.2, 0.25) is 0 Å². The molecule has 172 valence electrons. The van der Waals surface area contributed by atoms with E-state index in [1.165, 1.54) is 11.4 Å². The summed E-state index contributed by atoms with van der Waals surface area (Å²) >= 11 is 1.07. The van der Waals surface area contributed by atoms with Crippen LogP contribution in [0.1, 0.15) is 19.8 Å².